The van der Waals surface area contributed by atoms with E-state index in [0.717, 1.165) is 25.1 Å². The number of hydrogen-bond donors (Lipinski definition) is 2. The van der Waals surface area contributed by atoms with Gasteiger partial charge in [-0.25, -0.2) is 4.98 Å². The van der Waals surface area contributed by atoms with Crippen LogP contribution in [0.2, 0.25) is 0 Å². The van der Waals surface area contributed by atoms with E-state index in [2.05, 4.69) is 20.3 Å². The summed E-state index contributed by atoms with van der Waals surface area (Å²) in [5.41, 5.74) is 7.16. The van der Waals surface area contributed by atoms with Crippen molar-refractivity contribution in [1.82, 2.24) is 29.9 Å². The van der Waals surface area contributed by atoms with Gasteiger partial charge in [-0.2, -0.15) is 10.2 Å². The fourth-order valence-electron chi connectivity index (χ4n) is 3.04. The molecule has 3 rings (SSSR count). The summed E-state index contributed by atoms with van der Waals surface area (Å²) >= 11 is 0. The monoisotopic (exact) mass is 303 g/mol. The first-order valence-corrected chi connectivity index (χ1v) is 7.48. The lowest BCUT2D eigenvalue weighted by molar-refractivity contribution is 0.0600. The quantitative estimate of drug-likeness (QED) is 0.864. The first-order valence-electron chi connectivity index (χ1n) is 7.48. The number of nitrogen functional groups attached to an aromatic ring is 1. The maximum atomic E-state index is 13.0. The highest BCUT2D eigenvalue weighted by molar-refractivity contribution is 5.99. The first kappa shape index (κ1) is 14.6. The molecule has 118 valence electrons. The van der Waals surface area contributed by atoms with Gasteiger partial charge in [-0.15, -0.1) is 0 Å². The van der Waals surface area contributed by atoms with Crippen molar-refractivity contribution in [3.63, 3.8) is 0 Å². The molecule has 1 fully saturated rings. The Balaban J connectivity index is 1.95. The molecule has 8 nitrogen and oxygen atoms in total. The van der Waals surface area contributed by atoms with Crippen molar-refractivity contribution in [2.24, 2.45) is 7.05 Å². The number of carbonyl (C=O) groups excluding carboxylic acids is 1. The van der Waals surface area contributed by atoms with Crippen LogP contribution in [0.25, 0.3) is 0 Å². The predicted octanol–water partition coefficient (Wildman–Crippen LogP) is 1.10. The van der Waals surface area contributed by atoms with Crippen molar-refractivity contribution < 1.29 is 4.79 Å². The maximum absolute atomic E-state index is 13.0. The van der Waals surface area contributed by atoms with Crippen LogP contribution in [0.5, 0.6) is 0 Å². The lowest BCUT2D eigenvalue weighted by atomic mass is 10.00. The zero-order valence-corrected chi connectivity index (χ0v) is 13.1. The van der Waals surface area contributed by atoms with Crippen LogP contribution in [-0.4, -0.2) is 42.3 Å². The van der Waals surface area contributed by atoms with E-state index in [-0.39, 0.29) is 11.9 Å². The highest BCUT2D eigenvalue weighted by Crippen LogP contribution is 2.31. The SMILES string of the molecule is Cc1nc(C2CCCCN2C(=O)c2c(C)nn(C)c2N)n[nH]1. The van der Waals surface area contributed by atoms with E-state index in [1.807, 2.05) is 11.8 Å². The lowest BCUT2D eigenvalue weighted by Gasteiger charge is -2.34. The highest BCUT2D eigenvalue weighted by Gasteiger charge is 2.33. The Hall–Kier alpha value is -2.38. The van der Waals surface area contributed by atoms with Gasteiger partial charge in [-0.3, -0.25) is 14.6 Å². The summed E-state index contributed by atoms with van der Waals surface area (Å²) in [6.45, 7) is 4.35. The van der Waals surface area contributed by atoms with Crippen molar-refractivity contribution in [3.05, 3.63) is 22.9 Å². The molecule has 1 aliphatic heterocycles. The topological polar surface area (TPSA) is 106 Å². The number of aromatic amines is 1. The number of likely N-dealkylation sites (tertiary alicyclic amines) is 1. The summed E-state index contributed by atoms with van der Waals surface area (Å²) in [5.74, 6) is 1.74. The third-order valence-electron chi connectivity index (χ3n) is 4.16. The second-order valence-corrected chi connectivity index (χ2v) is 5.76. The maximum Gasteiger partial charge on any atom is 0.260 e. The van der Waals surface area contributed by atoms with E-state index in [1.54, 1.807) is 18.7 Å². The van der Waals surface area contributed by atoms with Gasteiger partial charge in [0.1, 0.15) is 17.2 Å². The van der Waals surface area contributed by atoms with Crippen molar-refractivity contribution >= 4 is 11.7 Å². The zero-order chi connectivity index (χ0) is 15.9. The molecule has 0 aliphatic carbocycles. The van der Waals surface area contributed by atoms with Crippen LogP contribution in [0, 0.1) is 13.8 Å². The molecule has 0 aromatic carbocycles. The Bertz CT molecular complexity index is 702. The zero-order valence-electron chi connectivity index (χ0n) is 13.1. The number of aryl methyl sites for hydroxylation is 3. The van der Waals surface area contributed by atoms with Crippen molar-refractivity contribution in [2.45, 2.75) is 39.2 Å². The Labute approximate surface area is 128 Å². The molecule has 1 unspecified atom stereocenters. The Morgan fingerprint density at radius 2 is 2.14 bits per heavy atom. The second kappa shape index (κ2) is 5.43. The molecule has 0 radical (unpaired) electrons. The predicted molar refractivity (Wildman–Crippen MR) is 81.1 cm³/mol. The number of amides is 1. The van der Waals surface area contributed by atoms with Crippen LogP contribution in [0.1, 0.15) is 53.0 Å². The van der Waals surface area contributed by atoms with Crippen LogP contribution in [0.15, 0.2) is 0 Å². The van der Waals surface area contributed by atoms with E-state index >= 15 is 0 Å². The van der Waals surface area contributed by atoms with Crippen molar-refractivity contribution in [1.29, 1.82) is 0 Å². The standard InChI is InChI=1S/C14H21N7O/c1-8-11(12(15)20(3)19-8)14(22)21-7-5-4-6-10(21)13-16-9(2)17-18-13/h10H,4-7,15H2,1-3H3,(H,16,17,18). The van der Waals surface area contributed by atoms with E-state index < -0.39 is 0 Å². The minimum Gasteiger partial charge on any atom is -0.383 e. The molecule has 0 saturated carbocycles. The number of aromatic nitrogens is 5. The molecule has 3 heterocycles. The van der Waals surface area contributed by atoms with Gasteiger partial charge >= 0.3 is 0 Å². The fourth-order valence-corrected chi connectivity index (χ4v) is 3.04. The van der Waals surface area contributed by atoms with Gasteiger partial charge in [0.2, 0.25) is 0 Å². The molecule has 0 spiro atoms. The molecular weight excluding hydrogens is 282 g/mol. The number of anilines is 1. The number of H-pyrrole nitrogens is 1. The van der Waals surface area contributed by atoms with Gasteiger partial charge in [-0.1, -0.05) is 0 Å². The van der Waals surface area contributed by atoms with Gasteiger partial charge < -0.3 is 10.6 Å². The highest BCUT2D eigenvalue weighted by atomic mass is 16.2. The van der Waals surface area contributed by atoms with Crippen molar-refractivity contribution in [2.75, 3.05) is 12.3 Å². The average molecular weight is 303 g/mol. The molecule has 1 amide bonds. The number of rotatable bonds is 2. The molecule has 3 N–H and O–H groups in total. The Morgan fingerprint density at radius 1 is 1.36 bits per heavy atom. The second-order valence-electron chi connectivity index (χ2n) is 5.76. The lowest BCUT2D eigenvalue weighted by Crippen LogP contribution is -2.39. The smallest absolute Gasteiger partial charge is 0.260 e. The van der Waals surface area contributed by atoms with Gasteiger partial charge in [0.15, 0.2) is 5.82 Å². The number of piperidine rings is 1. The van der Waals surface area contributed by atoms with Crippen LogP contribution < -0.4 is 5.73 Å². The number of nitrogens with one attached hydrogen (secondary N) is 1. The molecule has 8 heteroatoms. The third-order valence-corrected chi connectivity index (χ3v) is 4.16. The molecule has 2 aromatic heterocycles. The molecule has 1 aliphatic rings. The summed E-state index contributed by atoms with van der Waals surface area (Å²) in [6.07, 6.45) is 2.90. The molecule has 22 heavy (non-hydrogen) atoms. The summed E-state index contributed by atoms with van der Waals surface area (Å²) in [7, 11) is 1.74. The van der Waals surface area contributed by atoms with E-state index in [0.29, 0.717) is 29.4 Å². The molecule has 2 aromatic rings. The van der Waals surface area contributed by atoms with Gasteiger partial charge in [-0.05, 0) is 33.1 Å². The number of hydrogen-bond acceptors (Lipinski definition) is 5. The van der Waals surface area contributed by atoms with Crippen LogP contribution >= 0.6 is 0 Å². The van der Waals surface area contributed by atoms with Crippen LogP contribution in [0.4, 0.5) is 5.82 Å². The van der Waals surface area contributed by atoms with Gasteiger partial charge in [0.25, 0.3) is 5.91 Å². The van der Waals surface area contributed by atoms with Crippen LogP contribution in [-0.2, 0) is 7.05 Å². The van der Waals surface area contributed by atoms with Crippen molar-refractivity contribution in [3.8, 4) is 0 Å². The van der Waals surface area contributed by atoms with Gasteiger partial charge in [0.05, 0.1) is 11.7 Å². The normalized spacial score (nSPS) is 18.7. The summed E-state index contributed by atoms with van der Waals surface area (Å²) in [6, 6.07) is -0.106. The van der Waals surface area contributed by atoms with E-state index in [4.69, 9.17) is 5.73 Å². The largest absolute Gasteiger partial charge is 0.383 e. The van der Waals surface area contributed by atoms with E-state index in [9.17, 15) is 4.79 Å². The molecule has 1 atom stereocenters. The Kier molecular flexibility index (Phi) is 3.59. The fraction of sp³-hybridized carbons (Fsp3) is 0.571. The summed E-state index contributed by atoms with van der Waals surface area (Å²) in [4.78, 5) is 19.2. The average Bonchev–Trinajstić information content (AvgIpc) is 3.03. The molecule has 1 saturated heterocycles. The van der Waals surface area contributed by atoms with Crippen LogP contribution in [0.3, 0.4) is 0 Å². The minimum absolute atomic E-state index is 0.0877. The third kappa shape index (κ3) is 2.34. The Morgan fingerprint density at radius 3 is 2.73 bits per heavy atom. The summed E-state index contributed by atoms with van der Waals surface area (Å²) < 4.78 is 1.54. The number of nitrogens with zero attached hydrogens (tertiary/aromatic N) is 5. The minimum atomic E-state index is -0.106. The molecular formula is C14H21N7O. The number of carbonyl (C=O) groups is 1. The van der Waals surface area contributed by atoms with E-state index in [1.165, 1.54) is 0 Å². The van der Waals surface area contributed by atoms with Gasteiger partial charge in [0, 0.05) is 13.6 Å². The summed E-state index contributed by atoms with van der Waals surface area (Å²) in [5, 5.41) is 11.3. The number of nitrogens with two attached hydrogens (primary N) is 1. The molecule has 0 bridgehead atoms. The first-order chi connectivity index (χ1) is 10.5.